The fraction of sp³-hybridized carbons (Fsp3) is 0.769. The lowest BCUT2D eigenvalue weighted by Gasteiger charge is -2.34. The van der Waals surface area contributed by atoms with Crippen molar-refractivity contribution in [2.45, 2.75) is 50.6 Å². The van der Waals surface area contributed by atoms with Gasteiger partial charge in [0.05, 0.1) is 12.6 Å². The third kappa shape index (κ3) is 4.48. The fourth-order valence-corrected chi connectivity index (χ4v) is 2.19. The Hall–Kier alpha value is -1.63. The summed E-state index contributed by atoms with van der Waals surface area (Å²) in [4.78, 5) is 34.4. The van der Waals surface area contributed by atoms with E-state index in [2.05, 4.69) is 15.4 Å². The van der Waals surface area contributed by atoms with Gasteiger partial charge in [0, 0.05) is 6.42 Å². The number of hydrogen-bond acceptors (Lipinski definition) is 5. The van der Waals surface area contributed by atoms with E-state index in [4.69, 9.17) is 5.11 Å². The molecule has 1 heterocycles. The molecule has 2 unspecified atom stereocenters. The van der Waals surface area contributed by atoms with Crippen LogP contribution in [0.25, 0.3) is 0 Å². The van der Waals surface area contributed by atoms with Crippen molar-refractivity contribution < 1.29 is 24.2 Å². The van der Waals surface area contributed by atoms with E-state index in [0.29, 0.717) is 6.42 Å². The third-order valence-electron chi connectivity index (χ3n) is 3.59. The summed E-state index contributed by atoms with van der Waals surface area (Å²) in [6.45, 7) is 2.50. The Balaban J connectivity index is 2.58. The van der Waals surface area contributed by atoms with E-state index in [1.54, 1.807) is 6.92 Å². The van der Waals surface area contributed by atoms with Gasteiger partial charge in [0.2, 0.25) is 5.91 Å². The molecular weight excluding hydrogens is 264 g/mol. The summed E-state index contributed by atoms with van der Waals surface area (Å²) >= 11 is 0. The van der Waals surface area contributed by atoms with Gasteiger partial charge in [-0.3, -0.25) is 9.59 Å². The molecule has 1 aliphatic rings. The highest BCUT2D eigenvalue weighted by Gasteiger charge is 2.36. The highest BCUT2D eigenvalue weighted by atomic mass is 16.5. The zero-order valence-electron chi connectivity index (χ0n) is 11.9. The number of carboxylic acid groups (broad SMARTS) is 1. The van der Waals surface area contributed by atoms with Crippen LogP contribution >= 0.6 is 0 Å². The number of ether oxygens (including phenoxy) is 1. The first-order valence-corrected chi connectivity index (χ1v) is 6.74. The van der Waals surface area contributed by atoms with Crippen LogP contribution in [0.3, 0.4) is 0 Å². The average molecular weight is 286 g/mol. The predicted molar refractivity (Wildman–Crippen MR) is 71.1 cm³/mol. The third-order valence-corrected chi connectivity index (χ3v) is 3.59. The highest BCUT2D eigenvalue weighted by Crippen LogP contribution is 2.19. The van der Waals surface area contributed by atoms with Gasteiger partial charge in [-0.1, -0.05) is 0 Å². The number of esters is 1. The second kappa shape index (κ2) is 7.23. The van der Waals surface area contributed by atoms with Gasteiger partial charge < -0.3 is 20.5 Å². The number of amides is 1. The van der Waals surface area contributed by atoms with Crippen LogP contribution in [0.15, 0.2) is 0 Å². The monoisotopic (exact) mass is 286 g/mol. The number of piperidine rings is 1. The summed E-state index contributed by atoms with van der Waals surface area (Å²) in [6, 6.07) is -1.08. The molecule has 0 bridgehead atoms. The standard InChI is InChI=1S/C13H22N2O5/c1-13(7-3-4-8-14-13)12(19)15-9(11(17)18)5-6-10(16)20-2/h9,14H,3-8H2,1-2H3,(H,15,19)(H,17,18). The average Bonchev–Trinajstić information content (AvgIpc) is 2.43. The first kappa shape index (κ1) is 16.4. The van der Waals surface area contributed by atoms with Crippen molar-refractivity contribution in [2.75, 3.05) is 13.7 Å². The van der Waals surface area contributed by atoms with Crippen molar-refractivity contribution in [3.05, 3.63) is 0 Å². The Morgan fingerprint density at radius 2 is 2.10 bits per heavy atom. The molecule has 1 rings (SSSR count). The predicted octanol–water partition coefficient (Wildman–Crippen LogP) is 0.0412. The number of hydrogen-bond donors (Lipinski definition) is 3. The molecule has 0 aromatic heterocycles. The van der Waals surface area contributed by atoms with E-state index in [-0.39, 0.29) is 18.7 Å². The number of nitrogens with one attached hydrogen (secondary N) is 2. The van der Waals surface area contributed by atoms with Gasteiger partial charge in [-0.15, -0.1) is 0 Å². The van der Waals surface area contributed by atoms with E-state index in [0.717, 1.165) is 19.4 Å². The minimum absolute atomic E-state index is 0.0177. The first-order chi connectivity index (χ1) is 9.39. The van der Waals surface area contributed by atoms with Crippen LogP contribution in [0, 0.1) is 0 Å². The van der Waals surface area contributed by atoms with Crippen LogP contribution in [0.5, 0.6) is 0 Å². The number of aliphatic carboxylic acids is 1. The highest BCUT2D eigenvalue weighted by molar-refractivity contribution is 5.90. The second-order valence-corrected chi connectivity index (χ2v) is 5.20. The summed E-state index contributed by atoms with van der Waals surface area (Å²) in [7, 11) is 1.24. The van der Waals surface area contributed by atoms with Crippen molar-refractivity contribution in [3.63, 3.8) is 0 Å². The van der Waals surface area contributed by atoms with Gasteiger partial charge in [0.15, 0.2) is 0 Å². The molecule has 0 saturated carbocycles. The lowest BCUT2D eigenvalue weighted by Crippen LogP contribution is -2.59. The van der Waals surface area contributed by atoms with Gasteiger partial charge in [0.1, 0.15) is 6.04 Å². The minimum atomic E-state index is -1.15. The fourth-order valence-electron chi connectivity index (χ4n) is 2.19. The molecule has 0 radical (unpaired) electrons. The lowest BCUT2D eigenvalue weighted by molar-refractivity contribution is -0.145. The van der Waals surface area contributed by atoms with Crippen molar-refractivity contribution in [3.8, 4) is 0 Å². The normalized spacial score (nSPS) is 23.7. The van der Waals surface area contributed by atoms with Crippen LogP contribution in [-0.4, -0.2) is 48.2 Å². The quantitative estimate of drug-likeness (QED) is 0.596. The number of rotatable bonds is 6. The molecule has 0 aliphatic carbocycles. The summed E-state index contributed by atoms with van der Waals surface area (Å²) in [5.41, 5.74) is -0.739. The molecule has 2 atom stereocenters. The van der Waals surface area contributed by atoms with Crippen molar-refractivity contribution >= 4 is 17.8 Å². The number of methoxy groups -OCH3 is 1. The molecule has 1 fully saturated rings. The van der Waals surface area contributed by atoms with Crippen molar-refractivity contribution in [2.24, 2.45) is 0 Å². The second-order valence-electron chi connectivity index (χ2n) is 5.20. The number of carbonyl (C=O) groups is 3. The van der Waals surface area contributed by atoms with Gasteiger partial charge in [-0.05, 0) is 39.2 Å². The molecule has 20 heavy (non-hydrogen) atoms. The Labute approximate surface area is 118 Å². The zero-order chi connectivity index (χ0) is 15.2. The van der Waals surface area contributed by atoms with Gasteiger partial charge in [-0.25, -0.2) is 4.79 Å². The SMILES string of the molecule is COC(=O)CCC(NC(=O)C1(C)CCCCN1)C(=O)O. The summed E-state index contributed by atoms with van der Waals surface area (Å²) < 4.78 is 4.46. The molecule has 1 amide bonds. The molecule has 0 aromatic carbocycles. The van der Waals surface area contributed by atoms with Crippen molar-refractivity contribution in [1.82, 2.24) is 10.6 Å². The van der Waals surface area contributed by atoms with E-state index >= 15 is 0 Å². The summed E-state index contributed by atoms with van der Waals surface area (Å²) in [5, 5.41) is 14.7. The maximum atomic E-state index is 12.2. The largest absolute Gasteiger partial charge is 0.480 e. The lowest BCUT2D eigenvalue weighted by atomic mass is 9.89. The van der Waals surface area contributed by atoms with E-state index in [9.17, 15) is 14.4 Å². The topological polar surface area (TPSA) is 105 Å². The summed E-state index contributed by atoms with van der Waals surface area (Å²) in [6.07, 6.45) is 2.58. The minimum Gasteiger partial charge on any atom is -0.480 e. The van der Waals surface area contributed by atoms with Crippen LogP contribution < -0.4 is 10.6 Å². The molecule has 114 valence electrons. The Kier molecular flexibility index (Phi) is 5.94. The van der Waals surface area contributed by atoms with Crippen LogP contribution in [0.4, 0.5) is 0 Å². The Morgan fingerprint density at radius 1 is 1.40 bits per heavy atom. The van der Waals surface area contributed by atoms with Crippen LogP contribution in [0.2, 0.25) is 0 Å². The molecule has 1 aliphatic heterocycles. The molecule has 1 saturated heterocycles. The molecular formula is C13H22N2O5. The summed E-state index contributed by atoms with van der Waals surface area (Å²) in [5.74, 6) is -1.98. The Morgan fingerprint density at radius 3 is 2.60 bits per heavy atom. The molecule has 0 aromatic rings. The number of carbonyl (C=O) groups excluding carboxylic acids is 2. The van der Waals surface area contributed by atoms with Gasteiger partial charge in [0.25, 0.3) is 0 Å². The number of carboxylic acids is 1. The van der Waals surface area contributed by atoms with Crippen LogP contribution in [-0.2, 0) is 19.1 Å². The maximum Gasteiger partial charge on any atom is 0.326 e. The van der Waals surface area contributed by atoms with E-state index in [1.165, 1.54) is 7.11 Å². The molecule has 7 heteroatoms. The molecule has 3 N–H and O–H groups in total. The molecule has 0 spiro atoms. The first-order valence-electron chi connectivity index (χ1n) is 6.74. The molecule has 7 nitrogen and oxygen atoms in total. The van der Waals surface area contributed by atoms with Crippen LogP contribution in [0.1, 0.15) is 39.0 Å². The van der Waals surface area contributed by atoms with E-state index in [1.807, 2.05) is 0 Å². The van der Waals surface area contributed by atoms with Crippen molar-refractivity contribution in [1.29, 1.82) is 0 Å². The van der Waals surface area contributed by atoms with Gasteiger partial charge in [-0.2, -0.15) is 0 Å². The maximum absolute atomic E-state index is 12.2. The Bertz CT molecular complexity index is 377. The smallest absolute Gasteiger partial charge is 0.326 e. The van der Waals surface area contributed by atoms with Gasteiger partial charge >= 0.3 is 11.9 Å². The van der Waals surface area contributed by atoms with E-state index < -0.39 is 23.5 Å². The zero-order valence-corrected chi connectivity index (χ0v) is 11.9.